The monoisotopic (exact) mass is 393 g/mol. The fourth-order valence-electron chi connectivity index (χ4n) is 2.74. The average Bonchev–Trinajstić information content (AvgIpc) is 2.65. The Balaban J connectivity index is 1.99. The number of unbranched alkanes of at least 4 members (excludes halogenated alkanes) is 2. The topological polar surface area (TPSA) is 95.9 Å². The van der Waals surface area contributed by atoms with Crippen LogP contribution in [-0.4, -0.2) is 26.1 Å². The molecular formula is C18H18F3N5O2. The predicted molar refractivity (Wildman–Crippen MR) is 97.6 cm³/mol. The molecule has 0 radical (unpaired) electrons. The minimum absolute atomic E-state index is 0.0570. The Morgan fingerprint density at radius 1 is 1.25 bits per heavy atom. The first-order chi connectivity index (χ1) is 13.4. The number of fused-ring (bicyclic) bond motifs is 1. The summed E-state index contributed by atoms with van der Waals surface area (Å²) in [7, 11) is 0. The molecule has 2 heterocycles. The van der Waals surface area contributed by atoms with Gasteiger partial charge < -0.3 is 10.5 Å². The highest BCUT2D eigenvalue weighted by Crippen LogP contribution is 2.27. The first kappa shape index (κ1) is 19.6. The summed E-state index contributed by atoms with van der Waals surface area (Å²) < 4.78 is 44.8. The molecule has 0 aliphatic rings. The van der Waals surface area contributed by atoms with Crippen LogP contribution in [0.5, 0.6) is 5.75 Å². The second-order valence-electron chi connectivity index (χ2n) is 6.12. The molecule has 2 N–H and O–H groups in total. The Morgan fingerprint density at radius 2 is 2.04 bits per heavy atom. The zero-order valence-corrected chi connectivity index (χ0v) is 15.0. The molecule has 0 unspecified atom stereocenters. The van der Waals surface area contributed by atoms with Crippen LogP contribution >= 0.6 is 0 Å². The molecule has 0 amide bonds. The van der Waals surface area contributed by atoms with E-state index in [0.29, 0.717) is 6.54 Å². The minimum atomic E-state index is -3.09. The number of aromatic nitrogens is 4. The zero-order valence-electron chi connectivity index (χ0n) is 15.0. The van der Waals surface area contributed by atoms with E-state index < -0.39 is 18.2 Å². The average molecular weight is 393 g/mol. The maximum Gasteiger partial charge on any atom is 0.387 e. The molecule has 0 atom stereocenters. The Kier molecular flexibility index (Phi) is 5.76. The van der Waals surface area contributed by atoms with E-state index in [-0.39, 0.29) is 33.7 Å². The molecule has 0 saturated carbocycles. The van der Waals surface area contributed by atoms with Gasteiger partial charge in [-0.05, 0) is 18.6 Å². The van der Waals surface area contributed by atoms with Gasteiger partial charge >= 0.3 is 6.61 Å². The normalized spacial score (nSPS) is 11.3. The lowest BCUT2D eigenvalue weighted by atomic mass is 10.1. The van der Waals surface area contributed by atoms with E-state index in [0.717, 1.165) is 31.5 Å². The number of benzene rings is 1. The van der Waals surface area contributed by atoms with Crippen LogP contribution in [0.4, 0.5) is 19.0 Å². The van der Waals surface area contributed by atoms with Gasteiger partial charge in [0.05, 0.1) is 29.0 Å². The summed E-state index contributed by atoms with van der Waals surface area (Å²) in [5, 5.41) is 0.130. The van der Waals surface area contributed by atoms with E-state index in [1.54, 1.807) is 0 Å². The van der Waals surface area contributed by atoms with E-state index in [1.807, 2.05) is 0 Å². The Morgan fingerprint density at radius 3 is 2.71 bits per heavy atom. The highest BCUT2D eigenvalue weighted by molar-refractivity contribution is 5.82. The van der Waals surface area contributed by atoms with Crippen molar-refractivity contribution >= 4 is 16.7 Å². The van der Waals surface area contributed by atoms with Crippen molar-refractivity contribution in [2.24, 2.45) is 0 Å². The van der Waals surface area contributed by atoms with Crippen LogP contribution in [-0.2, 0) is 6.54 Å². The third-order valence-corrected chi connectivity index (χ3v) is 4.16. The van der Waals surface area contributed by atoms with Gasteiger partial charge in [-0.25, -0.2) is 19.3 Å². The molecule has 1 aromatic carbocycles. The molecule has 0 saturated heterocycles. The molecule has 10 heteroatoms. The van der Waals surface area contributed by atoms with Crippen molar-refractivity contribution in [2.75, 3.05) is 5.73 Å². The highest BCUT2D eigenvalue weighted by atomic mass is 19.3. The summed E-state index contributed by atoms with van der Waals surface area (Å²) in [5.41, 5.74) is 5.44. The molecule has 2 aromatic heterocycles. The summed E-state index contributed by atoms with van der Waals surface area (Å²) in [6.07, 6.45) is 5.16. The van der Waals surface area contributed by atoms with Gasteiger partial charge in [0.15, 0.2) is 17.4 Å². The van der Waals surface area contributed by atoms with E-state index in [4.69, 9.17) is 5.73 Å². The maximum absolute atomic E-state index is 14.6. The lowest BCUT2D eigenvalue weighted by molar-refractivity contribution is -0.0497. The molecule has 7 nitrogen and oxygen atoms in total. The summed E-state index contributed by atoms with van der Waals surface area (Å²) in [6, 6.07) is 2.39. The molecule has 0 spiro atoms. The van der Waals surface area contributed by atoms with Gasteiger partial charge in [0.25, 0.3) is 5.56 Å². The smallest absolute Gasteiger partial charge is 0.387 e. The number of nitrogen functional groups attached to an aromatic ring is 1. The van der Waals surface area contributed by atoms with Crippen molar-refractivity contribution in [1.82, 2.24) is 19.5 Å². The van der Waals surface area contributed by atoms with Crippen molar-refractivity contribution in [3.63, 3.8) is 0 Å². The lowest BCUT2D eigenvalue weighted by Gasteiger charge is -2.10. The molecule has 0 aliphatic heterocycles. The zero-order chi connectivity index (χ0) is 20.3. The van der Waals surface area contributed by atoms with Crippen molar-refractivity contribution in [3.8, 4) is 17.1 Å². The van der Waals surface area contributed by atoms with Gasteiger partial charge in [0.2, 0.25) is 0 Å². The molecule has 3 rings (SSSR count). The van der Waals surface area contributed by atoms with E-state index >= 15 is 0 Å². The number of hydrogen-bond acceptors (Lipinski definition) is 6. The van der Waals surface area contributed by atoms with Gasteiger partial charge in [-0.15, -0.1) is 0 Å². The third-order valence-electron chi connectivity index (χ3n) is 4.16. The number of nitrogens with two attached hydrogens (primary N) is 1. The van der Waals surface area contributed by atoms with Gasteiger partial charge in [0.1, 0.15) is 5.82 Å². The number of aryl methyl sites for hydroxylation is 1. The van der Waals surface area contributed by atoms with Gasteiger partial charge in [0, 0.05) is 6.54 Å². The quantitative estimate of drug-likeness (QED) is 0.619. The number of ether oxygens (including phenoxy) is 1. The second kappa shape index (κ2) is 8.24. The fourth-order valence-corrected chi connectivity index (χ4v) is 2.74. The first-order valence-electron chi connectivity index (χ1n) is 8.67. The van der Waals surface area contributed by atoms with Crippen LogP contribution in [0.1, 0.15) is 26.2 Å². The summed E-state index contributed by atoms with van der Waals surface area (Å²) in [4.78, 5) is 24.4. The maximum atomic E-state index is 14.6. The van der Waals surface area contributed by atoms with Crippen LogP contribution in [0.3, 0.4) is 0 Å². The number of nitrogens with zero attached hydrogens (tertiary/aromatic N) is 4. The molecule has 28 heavy (non-hydrogen) atoms. The first-order valence-corrected chi connectivity index (χ1v) is 8.67. The Bertz CT molecular complexity index is 1060. The summed E-state index contributed by atoms with van der Waals surface area (Å²) in [6.45, 7) is -0.526. The van der Waals surface area contributed by atoms with Crippen LogP contribution in [0.25, 0.3) is 22.3 Å². The van der Waals surface area contributed by atoms with Crippen molar-refractivity contribution in [1.29, 1.82) is 0 Å². The predicted octanol–water partition coefficient (Wildman–Crippen LogP) is 3.37. The van der Waals surface area contributed by atoms with Gasteiger partial charge in [-0.3, -0.25) is 9.36 Å². The molecule has 3 aromatic rings. The van der Waals surface area contributed by atoms with Gasteiger partial charge in [-0.1, -0.05) is 19.8 Å². The fraction of sp³-hybridized carbons (Fsp3) is 0.333. The van der Waals surface area contributed by atoms with Crippen LogP contribution in [0.15, 0.2) is 29.5 Å². The van der Waals surface area contributed by atoms with Gasteiger partial charge in [-0.2, -0.15) is 8.78 Å². The standard InChI is InChI=1S/C18H18F3N5O2/c1-2-3-4-5-26-9-24-13-7-10(12(19)6-11(13)17(26)27)16-23-8-14(15(22)25-16)28-18(20)21/h6-9,18H,2-5H2,1H3,(H2,22,23,25). The van der Waals surface area contributed by atoms with E-state index in [1.165, 1.54) is 17.0 Å². The van der Waals surface area contributed by atoms with Crippen LogP contribution in [0, 0.1) is 5.82 Å². The number of alkyl halides is 2. The minimum Gasteiger partial charge on any atom is -0.429 e. The van der Waals surface area contributed by atoms with E-state index in [2.05, 4.69) is 26.6 Å². The molecule has 0 fully saturated rings. The second-order valence-corrected chi connectivity index (χ2v) is 6.12. The lowest BCUT2D eigenvalue weighted by Crippen LogP contribution is -2.21. The highest BCUT2D eigenvalue weighted by Gasteiger charge is 2.16. The van der Waals surface area contributed by atoms with Crippen LogP contribution < -0.4 is 16.0 Å². The summed E-state index contributed by atoms with van der Waals surface area (Å²) in [5.74, 6) is -1.65. The van der Waals surface area contributed by atoms with Crippen molar-refractivity contribution in [3.05, 3.63) is 40.8 Å². The molecule has 0 aliphatic carbocycles. The molecular weight excluding hydrogens is 375 g/mol. The molecule has 0 bridgehead atoms. The number of halogens is 3. The van der Waals surface area contributed by atoms with Crippen LogP contribution in [0.2, 0.25) is 0 Å². The van der Waals surface area contributed by atoms with E-state index in [9.17, 15) is 18.0 Å². The Labute approximate surface area is 158 Å². The molecule has 148 valence electrons. The largest absolute Gasteiger partial charge is 0.429 e. The number of anilines is 1. The third kappa shape index (κ3) is 4.05. The Hall–Kier alpha value is -3.17. The number of hydrogen-bond donors (Lipinski definition) is 1. The SMILES string of the molecule is CCCCCn1cnc2cc(-c3ncc(OC(F)F)c(N)n3)c(F)cc2c1=O. The number of rotatable bonds is 7. The summed E-state index contributed by atoms with van der Waals surface area (Å²) >= 11 is 0. The van der Waals surface area contributed by atoms with Crippen molar-refractivity contribution < 1.29 is 17.9 Å². The van der Waals surface area contributed by atoms with Crippen molar-refractivity contribution in [2.45, 2.75) is 39.3 Å².